The quantitative estimate of drug-likeness (QED) is 0.404. The molecule has 0 amide bonds. The second-order valence-electron chi connectivity index (χ2n) is 1.32. The highest BCUT2D eigenvalue weighted by Gasteiger charge is 1.89. The Kier molecular flexibility index (Phi) is 1.61. The van der Waals surface area contributed by atoms with Crippen LogP contribution in [0.25, 0.3) is 4.85 Å². The topological polar surface area (TPSA) is 30.1 Å². The Bertz CT molecular complexity index is 235. The SMILES string of the molecule is [C-]#[N+]c1cnc(Cl)nc1. The molecule has 9 heavy (non-hydrogen) atoms. The molecule has 0 spiro atoms. The molecule has 0 aliphatic rings. The van der Waals surface area contributed by atoms with Crippen LogP contribution in [0.2, 0.25) is 5.28 Å². The zero-order valence-corrected chi connectivity index (χ0v) is 5.13. The third-order valence-electron chi connectivity index (χ3n) is 0.736. The molecule has 0 saturated heterocycles. The lowest BCUT2D eigenvalue weighted by molar-refractivity contribution is 1.18. The van der Waals surface area contributed by atoms with Crippen LogP contribution in [0.5, 0.6) is 0 Å². The van der Waals surface area contributed by atoms with E-state index in [4.69, 9.17) is 18.2 Å². The lowest BCUT2D eigenvalue weighted by atomic mass is 10.6. The van der Waals surface area contributed by atoms with Gasteiger partial charge in [-0.05, 0) is 11.6 Å². The molecule has 44 valence electrons. The molecule has 0 N–H and O–H groups in total. The number of rotatable bonds is 0. The monoisotopic (exact) mass is 139 g/mol. The van der Waals surface area contributed by atoms with Crippen molar-refractivity contribution in [2.24, 2.45) is 0 Å². The maximum absolute atomic E-state index is 6.52. The van der Waals surface area contributed by atoms with Crippen LogP contribution in [0.4, 0.5) is 5.69 Å². The minimum absolute atomic E-state index is 0.169. The zero-order valence-electron chi connectivity index (χ0n) is 4.37. The Morgan fingerprint density at radius 3 is 2.44 bits per heavy atom. The van der Waals surface area contributed by atoms with E-state index >= 15 is 0 Å². The molecular formula is C5H2ClN3. The fraction of sp³-hybridized carbons (Fsp3) is 0. The molecule has 3 nitrogen and oxygen atoms in total. The molecule has 0 bridgehead atoms. The van der Waals surface area contributed by atoms with Gasteiger partial charge in [0.2, 0.25) is 11.0 Å². The van der Waals surface area contributed by atoms with Crippen LogP contribution in [0.15, 0.2) is 12.4 Å². The number of halogens is 1. The van der Waals surface area contributed by atoms with Crippen molar-refractivity contribution in [3.05, 3.63) is 29.1 Å². The lowest BCUT2D eigenvalue weighted by Crippen LogP contribution is -1.75. The summed E-state index contributed by atoms with van der Waals surface area (Å²) < 4.78 is 0. The van der Waals surface area contributed by atoms with Crippen LogP contribution in [0.1, 0.15) is 0 Å². The van der Waals surface area contributed by atoms with E-state index in [1.54, 1.807) is 0 Å². The first-order valence-corrected chi connectivity index (χ1v) is 2.56. The molecule has 0 aliphatic carbocycles. The maximum atomic E-state index is 6.52. The summed E-state index contributed by atoms with van der Waals surface area (Å²) in [5, 5.41) is 0.169. The van der Waals surface area contributed by atoms with Crippen LogP contribution in [0.3, 0.4) is 0 Å². The molecule has 1 rings (SSSR count). The summed E-state index contributed by atoms with van der Waals surface area (Å²) in [6.07, 6.45) is 2.75. The van der Waals surface area contributed by atoms with Crippen LogP contribution >= 0.6 is 11.6 Å². The number of aromatic nitrogens is 2. The molecule has 1 aromatic heterocycles. The minimum Gasteiger partial charge on any atom is -0.238 e. The van der Waals surface area contributed by atoms with Gasteiger partial charge in [-0.25, -0.2) is 14.8 Å². The van der Waals surface area contributed by atoms with Crippen molar-refractivity contribution in [2.45, 2.75) is 0 Å². The predicted molar refractivity (Wildman–Crippen MR) is 33.3 cm³/mol. The van der Waals surface area contributed by atoms with Crippen LogP contribution in [-0.2, 0) is 0 Å². The van der Waals surface area contributed by atoms with Gasteiger partial charge in [0.15, 0.2) is 0 Å². The van der Waals surface area contributed by atoms with Gasteiger partial charge >= 0.3 is 0 Å². The molecule has 1 heterocycles. The molecule has 0 aromatic carbocycles. The first-order valence-electron chi connectivity index (χ1n) is 2.18. The van der Waals surface area contributed by atoms with E-state index in [9.17, 15) is 0 Å². The van der Waals surface area contributed by atoms with Gasteiger partial charge in [-0.2, -0.15) is 0 Å². The van der Waals surface area contributed by atoms with Gasteiger partial charge in [0.1, 0.15) is 0 Å². The maximum Gasteiger partial charge on any atom is 0.223 e. The van der Waals surface area contributed by atoms with Crippen LogP contribution in [-0.4, -0.2) is 9.97 Å². The Morgan fingerprint density at radius 1 is 1.44 bits per heavy atom. The van der Waals surface area contributed by atoms with Crippen molar-refractivity contribution < 1.29 is 0 Å². The van der Waals surface area contributed by atoms with Crippen molar-refractivity contribution in [3.8, 4) is 0 Å². The molecule has 4 heteroatoms. The van der Waals surface area contributed by atoms with Crippen molar-refractivity contribution in [3.63, 3.8) is 0 Å². The third-order valence-corrected chi connectivity index (χ3v) is 0.931. The van der Waals surface area contributed by atoms with Gasteiger partial charge < -0.3 is 0 Å². The van der Waals surface area contributed by atoms with E-state index in [-0.39, 0.29) is 5.28 Å². The first-order chi connectivity index (χ1) is 4.33. The van der Waals surface area contributed by atoms with Crippen molar-refractivity contribution in [2.75, 3.05) is 0 Å². The summed E-state index contributed by atoms with van der Waals surface area (Å²) in [5.41, 5.74) is 0.402. The molecule has 0 unspecified atom stereocenters. The van der Waals surface area contributed by atoms with E-state index in [2.05, 4.69) is 14.8 Å². The van der Waals surface area contributed by atoms with E-state index in [0.29, 0.717) is 5.69 Å². The highest BCUT2D eigenvalue weighted by atomic mass is 35.5. The molecule has 1 aromatic rings. The van der Waals surface area contributed by atoms with E-state index < -0.39 is 0 Å². The highest BCUT2D eigenvalue weighted by Crippen LogP contribution is 2.07. The summed E-state index contributed by atoms with van der Waals surface area (Å²) in [4.78, 5) is 10.3. The summed E-state index contributed by atoms with van der Waals surface area (Å²) in [5.74, 6) is 0. The second-order valence-corrected chi connectivity index (χ2v) is 1.66. The third kappa shape index (κ3) is 1.37. The Morgan fingerprint density at radius 2 is 2.00 bits per heavy atom. The normalized spacial score (nSPS) is 8.44. The van der Waals surface area contributed by atoms with Gasteiger partial charge in [0.05, 0.1) is 6.57 Å². The van der Waals surface area contributed by atoms with Gasteiger partial charge in [0, 0.05) is 12.4 Å². The average Bonchev–Trinajstić information content (AvgIpc) is 1.90. The molecule has 0 radical (unpaired) electrons. The fourth-order valence-corrected chi connectivity index (χ4v) is 0.461. The summed E-state index contributed by atoms with van der Waals surface area (Å²) >= 11 is 5.34. The van der Waals surface area contributed by atoms with E-state index in [0.717, 1.165) is 0 Å². The number of hydrogen-bond acceptors (Lipinski definition) is 2. The van der Waals surface area contributed by atoms with Crippen LogP contribution in [0, 0.1) is 6.57 Å². The molecule has 0 atom stereocenters. The number of nitrogens with zero attached hydrogens (tertiary/aromatic N) is 3. The summed E-state index contributed by atoms with van der Waals surface area (Å²) in [7, 11) is 0. The smallest absolute Gasteiger partial charge is 0.223 e. The molecule has 0 saturated carbocycles. The lowest BCUT2D eigenvalue weighted by Gasteiger charge is -1.85. The van der Waals surface area contributed by atoms with Crippen molar-refractivity contribution in [1.82, 2.24) is 9.97 Å². The first kappa shape index (κ1) is 5.99. The number of hydrogen-bond donors (Lipinski definition) is 0. The molecule has 0 aliphatic heterocycles. The Hall–Kier alpha value is -1.14. The van der Waals surface area contributed by atoms with Crippen molar-refractivity contribution in [1.29, 1.82) is 0 Å². The average molecular weight is 140 g/mol. The minimum atomic E-state index is 0.169. The van der Waals surface area contributed by atoms with E-state index in [1.807, 2.05) is 0 Å². The van der Waals surface area contributed by atoms with Crippen molar-refractivity contribution >= 4 is 17.3 Å². The zero-order chi connectivity index (χ0) is 6.69. The fourth-order valence-electron chi connectivity index (χ4n) is 0.363. The van der Waals surface area contributed by atoms with E-state index in [1.165, 1.54) is 12.4 Å². The molecular weight excluding hydrogens is 138 g/mol. The van der Waals surface area contributed by atoms with Crippen LogP contribution < -0.4 is 0 Å². The standard InChI is InChI=1S/C5H2ClN3/c1-7-4-2-8-5(6)9-3-4/h2-3H. The summed E-state index contributed by atoms with van der Waals surface area (Å²) in [6, 6.07) is 0. The van der Waals surface area contributed by atoms with Gasteiger partial charge in [-0.1, -0.05) is 0 Å². The Balaban J connectivity index is 3.06. The van der Waals surface area contributed by atoms with Gasteiger partial charge in [0.25, 0.3) is 0 Å². The van der Waals surface area contributed by atoms with Gasteiger partial charge in [-0.3, -0.25) is 0 Å². The highest BCUT2D eigenvalue weighted by molar-refractivity contribution is 6.28. The predicted octanol–water partition coefficient (Wildman–Crippen LogP) is 1.68. The second kappa shape index (κ2) is 2.42. The Labute approximate surface area is 57.1 Å². The molecule has 0 fully saturated rings. The summed E-state index contributed by atoms with van der Waals surface area (Å²) in [6.45, 7) is 6.52. The van der Waals surface area contributed by atoms with Gasteiger partial charge in [-0.15, -0.1) is 0 Å². The largest absolute Gasteiger partial charge is 0.238 e.